The summed E-state index contributed by atoms with van der Waals surface area (Å²) < 4.78 is 6.00. The summed E-state index contributed by atoms with van der Waals surface area (Å²) in [5.74, 6) is 0.802. The number of aryl methyl sites for hydroxylation is 1. The lowest BCUT2D eigenvalue weighted by molar-refractivity contribution is 0.122. The molecule has 0 aliphatic rings. The van der Waals surface area contributed by atoms with Crippen LogP contribution in [0.4, 0.5) is 0 Å². The number of nitrogens with zero attached hydrogens (tertiary/aromatic N) is 2. The molecule has 0 saturated carbocycles. The Kier molecular flexibility index (Phi) is 4.74. The van der Waals surface area contributed by atoms with E-state index in [1.54, 1.807) is 0 Å². The summed E-state index contributed by atoms with van der Waals surface area (Å²) in [6, 6.07) is 9.62. The summed E-state index contributed by atoms with van der Waals surface area (Å²) in [6.45, 7) is 3.07. The third-order valence-electron chi connectivity index (χ3n) is 2.83. The first-order chi connectivity index (χ1) is 9.04. The van der Waals surface area contributed by atoms with Crippen molar-refractivity contribution in [3.8, 4) is 0 Å². The van der Waals surface area contributed by atoms with E-state index in [4.69, 9.17) is 4.52 Å². The van der Waals surface area contributed by atoms with Crippen molar-refractivity contribution >= 4 is 15.9 Å². The van der Waals surface area contributed by atoms with Crippen LogP contribution in [0.2, 0.25) is 0 Å². The molecular weight excluding hydrogens is 308 g/mol. The molecule has 5 heteroatoms. The maximum atomic E-state index is 10.2. The maximum absolute atomic E-state index is 10.2. The van der Waals surface area contributed by atoms with Crippen molar-refractivity contribution in [2.24, 2.45) is 0 Å². The number of aliphatic hydroxyl groups excluding tert-OH is 1. The van der Waals surface area contributed by atoms with Gasteiger partial charge in [-0.15, -0.1) is 0 Å². The molecule has 0 amide bonds. The number of hydrogen-bond donors (Lipinski definition) is 1. The molecule has 0 saturated heterocycles. The number of hydrogen-bond acceptors (Lipinski definition) is 4. The molecule has 2 aromatic rings. The minimum Gasteiger partial charge on any atom is -0.387 e. The highest BCUT2D eigenvalue weighted by molar-refractivity contribution is 9.10. The molecule has 0 bridgehead atoms. The van der Waals surface area contributed by atoms with Gasteiger partial charge < -0.3 is 9.63 Å². The molecule has 0 aliphatic carbocycles. The molecule has 0 radical (unpaired) electrons. The van der Waals surface area contributed by atoms with Gasteiger partial charge >= 0.3 is 0 Å². The number of aromatic nitrogens is 1. The first-order valence-corrected chi connectivity index (χ1v) is 6.88. The van der Waals surface area contributed by atoms with Gasteiger partial charge in [0, 0.05) is 23.6 Å². The Labute approximate surface area is 121 Å². The van der Waals surface area contributed by atoms with E-state index in [1.807, 2.05) is 49.2 Å². The van der Waals surface area contributed by atoms with Gasteiger partial charge in [0.1, 0.15) is 5.76 Å². The molecule has 1 aromatic heterocycles. The van der Waals surface area contributed by atoms with Gasteiger partial charge in [-0.25, -0.2) is 0 Å². The molecule has 1 aromatic carbocycles. The summed E-state index contributed by atoms with van der Waals surface area (Å²) in [5.41, 5.74) is 1.78. The van der Waals surface area contributed by atoms with Gasteiger partial charge in [0.2, 0.25) is 0 Å². The maximum Gasteiger partial charge on any atom is 0.133 e. The molecule has 102 valence electrons. The van der Waals surface area contributed by atoms with Gasteiger partial charge in [0.15, 0.2) is 0 Å². The molecule has 2 rings (SSSR count). The number of likely N-dealkylation sites (N-methyl/N-ethyl adjacent to an activating group) is 1. The standard InChI is InChI=1S/C14H17BrN2O2/c1-10-6-13(16-19-10)8-17(2)9-14(18)11-4-3-5-12(15)7-11/h3-7,14,18H,8-9H2,1-2H3. The first-order valence-electron chi connectivity index (χ1n) is 6.09. The highest BCUT2D eigenvalue weighted by Gasteiger charge is 2.12. The summed E-state index contributed by atoms with van der Waals surface area (Å²) in [6.07, 6.45) is -0.518. The zero-order valence-corrected chi connectivity index (χ0v) is 12.6. The minimum absolute atomic E-state index is 0.518. The fourth-order valence-corrected chi connectivity index (χ4v) is 2.37. The first kappa shape index (κ1) is 14.2. The Morgan fingerprint density at radius 1 is 1.42 bits per heavy atom. The van der Waals surface area contributed by atoms with Gasteiger partial charge in [-0.3, -0.25) is 4.90 Å². The van der Waals surface area contributed by atoms with E-state index in [-0.39, 0.29) is 0 Å². The fourth-order valence-electron chi connectivity index (χ4n) is 1.95. The number of rotatable bonds is 5. The predicted octanol–water partition coefficient (Wildman–Crippen LogP) is 2.91. The minimum atomic E-state index is -0.518. The molecule has 1 N–H and O–H groups in total. The highest BCUT2D eigenvalue weighted by atomic mass is 79.9. The van der Waals surface area contributed by atoms with Crippen LogP contribution < -0.4 is 0 Å². The van der Waals surface area contributed by atoms with E-state index in [2.05, 4.69) is 21.1 Å². The molecule has 4 nitrogen and oxygen atoms in total. The van der Waals surface area contributed by atoms with Crippen molar-refractivity contribution in [3.63, 3.8) is 0 Å². The van der Waals surface area contributed by atoms with Crippen LogP contribution in [0.3, 0.4) is 0 Å². The molecule has 0 fully saturated rings. The van der Waals surface area contributed by atoms with Crippen LogP contribution in [-0.4, -0.2) is 28.8 Å². The zero-order chi connectivity index (χ0) is 13.8. The van der Waals surface area contributed by atoms with Crippen molar-refractivity contribution in [2.75, 3.05) is 13.6 Å². The lowest BCUT2D eigenvalue weighted by Crippen LogP contribution is -2.24. The fraction of sp³-hybridized carbons (Fsp3) is 0.357. The Morgan fingerprint density at radius 3 is 2.84 bits per heavy atom. The van der Waals surface area contributed by atoms with Crippen LogP contribution in [0.25, 0.3) is 0 Å². The Bertz CT molecular complexity index is 542. The SMILES string of the molecule is Cc1cc(CN(C)CC(O)c2cccc(Br)c2)no1. The molecule has 19 heavy (non-hydrogen) atoms. The normalized spacial score (nSPS) is 12.9. The van der Waals surface area contributed by atoms with Crippen LogP contribution in [-0.2, 0) is 6.54 Å². The van der Waals surface area contributed by atoms with Gasteiger partial charge in [0.25, 0.3) is 0 Å². The highest BCUT2D eigenvalue weighted by Crippen LogP contribution is 2.19. The van der Waals surface area contributed by atoms with E-state index in [1.165, 1.54) is 0 Å². The van der Waals surface area contributed by atoms with Crippen molar-refractivity contribution in [3.05, 3.63) is 51.8 Å². The quantitative estimate of drug-likeness (QED) is 0.918. The molecule has 1 atom stereocenters. The van der Waals surface area contributed by atoms with Crippen LogP contribution in [0, 0.1) is 6.92 Å². The number of halogens is 1. The van der Waals surface area contributed by atoms with Crippen LogP contribution >= 0.6 is 15.9 Å². The molecule has 0 aliphatic heterocycles. The van der Waals surface area contributed by atoms with Crippen molar-refractivity contribution < 1.29 is 9.63 Å². The summed E-state index contributed by atoms with van der Waals surface area (Å²) >= 11 is 3.41. The third-order valence-corrected chi connectivity index (χ3v) is 3.32. The Balaban J connectivity index is 1.93. The second-order valence-electron chi connectivity index (χ2n) is 4.70. The second-order valence-corrected chi connectivity index (χ2v) is 5.61. The topological polar surface area (TPSA) is 49.5 Å². The summed E-state index contributed by atoms with van der Waals surface area (Å²) in [4.78, 5) is 2.02. The summed E-state index contributed by atoms with van der Waals surface area (Å²) in [7, 11) is 1.95. The van der Waals surface area contributed by atoms with Gasteiger partial charge in [-0.2, -0.15) is 0 Å². The largest absolute Gasteiger partial charge is 0.387 e. The number of benzene rings is 1. The van der Waals surface area contributed by atoms with Crippen LogP contribution in [0.5, 0.6) is 0 Å². The van der Waals surface area contributed by atoms with Gasteiger partial charge in [0.05, 0.1) is 11.8 Å². The molecule has 1 heterocycles. The lowest BCUT2D eigenvalue weighted by atomic mass is 10.1. The van der Waals surface area contributed by atoms with Gasteiger partial charge in [-0.1, -0.05) is 33.2 Å². The van der Waals surface area contributed by atoms with E-state index >= 15 is 0 Å². The smallest absolute Gasteiger partial charge is 0.133 e. The second kappa shape index (κ2) is 6.32. The van der Waals surface area contributed by atoms with Crippen LogP contribution in [0.15, 0.2) is 39.3 Å². The third kappa shape index (κ3) is 4.16. The predicted molar refractivity (Wildman–Crippen MR) is 76.7 cm³/mol. The monoisotopic (exact) mass is 324 g/mol. The molecule has 1 unspecified atom stereocenters. The Morgan fingerprint density at radius 2 is 2.21 bits per heavy atom. The lowest BCUT2D eigenvalue weighted by Gasteiger charge is -2.19. The zero-order valence-electron chi connectivity index (χ0n) is 11.0. The molecular formula is C14H17BrN2O2. The average molecular weight is 325 g/mol. The van der Waals surface area contributed by atoms with Crippen molar-refractivity contribution in [1.29, 1.82) is 0 Å². The van der Waals surface area contributed by atoms with E-state index < -0.39 is 6.10 Å². The summed E-state index contributed by atoms with van der Waals surface area (Å²) in [5, 5.41) is 14.1. The van der Waals surface area contributed by atoms with E-state index in [0.29, 0.717) is 13.1 Å². The van der Waals surface area contributed by atoms with Gasteiger partial charge in [-0.05, 0) is 31.7 Å². The van der Waals surface area contributed by atoms with E-state index in [0.717, 1.165) is 21.5 Å². The average Bonchev–Trinajstić information content (AvgIpc) is 2.74. The van der Waals surface area contributed by atoms with Crippen molar-refractivity contribution in [1.82, 2.24) is 10.1 Å². The Hall–Kier alpha value is -1.17. The van der Waals surface area contributed by atoms with Crippen LogP contribution in [0.1, 0.15) is 23.1 Å². The number of aliphatic hydroxyl groups is 1. The van der Waals surface area contributed by atoms with Crippen molar-refractivity contribution in [2.45, 2.75) is 19.6 Å². The molecule has 0 spiro atoms. The van der Waals surface area contributed by atoms with E-state index in [9.17, 15) is 5.11 Å².